The fraction of sp³-hybridized carbons (Fsp3) is 0.619. The van der Waals surface area contributed by atoms with Crippen LogP contribution >= 0.6 is 0 Å². The number of amides is 2. The number of ether oxygens (including phenoxy) is 1. The van der Waals surface area contributed by atoms with Crippen LogP contribution in [0.1, 0.15) is 32.8 Å². The van der Waals surface area contributed by atoms with E-state index < -0.39 is 0 Å². The molecule has 0 unspecified atom stereocenters. The van der Waals surface area contributed by atoms with Gasteiger partial charge in [0.05, 0.1) is 13.2 Å². The third-order valence-electron chi connectivity index (χ3n) is 4.97. The normalized spacial score (nSPS) is 15.0. The van der Waals surface area contributed by atoms with Crippen molar-refractivity contribution in [2.45, 2.75) is 39.8 Å². The highest BCUT2D eigenvalue weighted by molar-refractivity contribution is 5.78. The maximum atomic E-state index is 12.8. The predicted octanol–water partition coefficient (Wildman–Crippen LogP) is 1.99. The zero-order valence-electron chi connectivity index (χ0n) is 16.9. The minimum absolute atomic E-state index is 0.0233. The van der Waals surface area contributed by atoms with E-state index in [0.717, 1.165) is 38.4 Å². The van der Waals surface area contributed by atoms with Crippen LogP contribution in [0.15, 0.2) is 30.3 Å². The first kappa shape index (κ1) is 21.4. The molecule has 0 aliphatic carbocycles. The smallest absolute Gasteiger partial charge is 0.224 e. The standard InChI is InChI=1S/C21H33N3O3/c1-18(2)24(17-20-7-5-4-6-8-20)21(26)9-10-23(19(3)25)12-11-22-13-15-27-16-14-22/h4-8,18H,9-17H2,1-3H3. The molecule has 0 saturated carbocycles. The number of nitrogens with zero attached hydrogens (tertiary/aromatic N) is 3. The van der Waals surface area contributed by atoms with Gasteiger partial charge in [0.25, 0.3) is 0 Å². The summed E-state index contributed by atoms with van der Waals surface area (Å²) in [7, 11) is 0. The van der Waals surface area contributed by atoms with Gasteiger partial charge in [0.1, 0.15) is 0 Å². The van der Waals surface area contributed by atoms with Crippen molar-refractivity contribution in [2.75, 3.05) is 45.9 Å². The molecule has 1 fully saturated rings. The first-order valence-corrected chi connectivity index (χ1v) is 9.86. The molecule has 2 rings (SSSR count). The number of morpholine rings is 1. The molecule has 0 bridgehead atoms. The molecule has 0 radical (unpaired) electrons. The van der Waals surface area contributed by atoms with Crippen molar-refractivity contribution in [1.29, 1.82) is 0 Å². The fourth-order valence-electron chi connectivity index (χ4n) is 3.23. The van der Waals surface area contributed by atoms with Gasteiger partial charge in [-0.15, -0.1) is 0 Å². The number of hydrogen-bond acceptors (Lipinski definition) is 4. The zero-order chi connectivity index (χ0) is 19.6. The lowest BCUT2D eigenvalue weighted by atomic mass is 10.1. The maximum absolute atomic E-state index is 12.8. The van der Waals surface area contributed by atoms with Crippen molar-refractivity contribution in [1.82, 2.24) is 14.7 Å². The monoisotopic (exact) mass is 375 g/mol. The summed E-state index contributed by atoms with van der Waals surface area (Å²) >= 11 is 0. The van der Waals surface area contributed by atoms with Crippen molar-refractivity contribution in [2.24, 2.45) is 0 Å². The average Bonchev–Trinajstić information content (AvgIpc) is 2.67. The van der Waals surface area contributed by atoms with Gasteiger partial charge in [-0.1, -0.05) is 30.3 Å². The Bertz CT molecular complexity index is 586. The van der Waals surface area contributed by atoms with Crippen LogP contribution in [0.5, 0.6) is 0 Å². The molecule has 1 saturated heterocycles. The molecule has 0 aromatic heterocycles. The summed E-state index contributed by atoms with van der Waals surface area (Å²) in [5.74, 6) is 0.113. The first-order valence-electron chi connectivity index (χ1n) is 9.86. The van der Waals surface area contributed by atoms with Gasteiger partial charge in [-0.25, -0.2) is 0 Å². The van der Waals surface area contributed by atoms with Crippen molar-refractivity contribution in [3.8, 4) is 0 Å². The lowest BCUT2D eigenvalue weighted by Crippen LogP contribution is -2.44. The fourth-order valence-corrected chi connectivity index (χ4v) is 3.23. The van der Waals surface area contributed by atoms with Crippen molar-refractivity contribution >= 4 is 11.8 Å². The summed E-state index contributed by atoms with van der Waals surface area (Å²) in [5.41, 5.74) is 1.12. The molecular formula is C21H33N3O3. The van der Waals surface area contributed by atoms with E-state index in [1.807, 2.05) is 49.1 Å². The minimum atomic E-state index is 0.0233. The van der Waals surface area contributed by atoms with Crippen LogP contribution in [-0.2, 0) is 20.9 Å². The Morgan fingerprint density at radius 1 is 1.11 bits per heavy atom. The molecule has 0 atom stereocenters. The summed E-state index contributed by atoms with van der Waals surface area (Å²) in [6.07, 6.45) is 0.355. The third-order valence-corrected chi connectivity index (χ3v) is 4.97. The highest BCUT2D eigenvalue weighted by Gasteiger charge is 2.20. The zero-order valence-corrected chi connectivity index (χ0v) is 16.9. The van der Waals surface area contributed by atoms with Gasteiger partial charge in [0.15, 0.2) is 0 Å². The van der Waals surface area contributed by atoms with E-state index in [4.69, 9.17) is 4.74 Å². The molecule has 150 valence electrons. The van der Waals surface area contributed by atoms with Crippen LogP contribution in [0.2, 0.25) is 0 Å². The predicted molar refractivity (Wildman–Crippen MR) is 106 cm³/mol. The van der Waals surface area contributed by atoms with E-state index in [1.54, 1.807) is 11.8 Å². The second-order valence-corrected chi connectivity index (χ2v) is 7.31. The van der Waals surface area contributed by atoms with E-state index >= 15 is 0 Å². The molecule has 0 N–H and O–H groups in total. The maximum Gasteiger partial charge on any atom is 0.224 e. The largest absolute Gasteiger partial charge is 0.379 e. The molecule has 6 heteroatoms. The molecular weight excluding hydrogens is 342 g/mol. The Kier molecular flexibility index (Phi) is 8.75. The number of rotatable bonds is 9. The van der Waals surface area contributed by atoms with Gasteiger partial charge < -0.3 is 14.5 Å². The molecule has 0 spiro atoms. The molecule has 1 heterocycles. The summed E-state index contributed by atoms with van der Waals surface area (Å²) < 4.78 is 5.36. The van der Waals surface area contributed by atoms with Gasteiger partial charge in [-0.05, 0) is 19.4 Å². The van der Waals surface area contributed by atoms with Crippen molar-refractivity contribution < 1.29 is 14.3 Å². The number of carbonyl (C=O) groups is 2. The Morgan fingerprint density at radius 2 is 1.78 bits per heavy atom. The number of hydrogen-bond donors (Lipinski definition) is 0. The molecule has 1 aromatic rings. The Labute approximate surface area is 163 Å². The van der Waals surface area contributed by atoms with Crippen LogP contribution in [0.3, 0.4) is 0 Å². The Hall–Kier alpha value is -1.92. The van der Waals surface area contributed by atoms with Crippen LogP contribution in [-0.4, -0.2) is 78.5 Å². The van der Waals surface area contributed by atoms with Crippen LogP contribution in [0.25, 0.3) is 0 Å². The van der Waals surface area contributed by atoms with Gasteiger partial charge in [0, 0.05) is 58.7 Å². The van der Waals surface area contributed by atoms with Gasteiger partial charge >= 0.3 is 0 Å². The van der Waals surface area contributed by atoms with Crippen LogP contribution in [0, 0.1) is 0 Å². The van der Waals surface area contributed by atoms with Crippen molar-refractivity contribution in [3.05, 3.63) is 35.9 Å². The number of benzene rings is 1. The quantitative estimate of drug-likeness (QED) is 0.662. The number of carbonyl (C=O) groups excluding carboxylic acids is 2. The molecule has 1 aromatic carbocycles. The Morgan fingerprint density at radius 3 is 2.37 bits per heavy atom. The molecule has 1 aliphatic rings. The molecule has 6 nitrogen and oxygen atoms in total. The average molecular weight is 376 g/mol. The van der Waals surface area contributed by atoms with Gasteiger partial charge in [0.2, 0.25) is 11.8 Å². The lowest BCUT2D eigenvalue weighted by molar-refractivity contribution is -0.135. The summed E-state index contributed by atoms with van der Waals surface area (Å²) in [6.45, 7) is 11.5. The summed E-state index contributed by atoms with van der Waals surface area (Å²) in [5, 5.41) is 0. The van der Waals surface area contributed by atoms with Crippen LogP contribution in [0.4, 0.5) is 0 Å². The van der Waals surface area contributed by atoms with E-state index in [-0.39, 0.29) is 17.9 Å². The Balaban J connectivity index is 1.85. The molecule has 2 amide bonds. The van der Waals surface area contributed by atoms with E-state index in [2.05, 4.69) is 4.90 Å². The van der Waals surface area contributed by atoms with E-state index in [1.165, 1.54) is 0 Å². The SMILES string of the molecule is CC(=O)N(CCC(=O)N(Cc1ccccc1)C(C)C)CCN1CCOCC1. The topological polar surface area (TPSA) is 53.1 Å². The first-order chi connectivity index (χ1) is 13.0. The summed E-state index contributed by atoms with van der Waals surface area (Å²) in [4.78, 5) is 30.7. The second kappa shape index (κ2) is 11.0. The lowest BCUT2D eigenvalue weighted by Gasteiger charge is -2.31. The minimum Gasteiger partial charge on any atom is -0.379 e. The molecule has 1 aliphatic heterocycles. The van der Waals surface area contributed by atoms with E-state index in [0.29, 0.717) is 26.1 Å². The highest BCUT2D eigenvalue weighted by atomic mass is 16.5. The highest BCUT2D eigenvalue weighted by Crippen LogP contribution is 2.11. The second-order valence-electron chi connectivity index (χ2n) is 7.31. The van der Waals surface area contributed by atoms with Gasteiger partial charge in [-0.2, -0.15) is 0 Å². The van der Waals surface area contributed by atoms with Crippen LogP contribution < -0.4 is 0 Å². The molecule has 27 heavy (non-hydrogen) atoms. The van der Waals surface area contributed by atoms with Crippen molar-refractivity contribution in [3.63, 3.8) is 0 Å². The summed E-state index contributed by atoms with van der Waals surface area (Å²) in [6, 6.07) is 10.1. The third kappa shape index (κ3) is 7.31. The van der Waals surface area contributed by atoms with E-state index in [9.17, 15) is 9.59 Å². The van der Waals surface area contributed by atoms with Gasteiger partial charge in [-0.3, -0.25) is 14.5 Å².